The number of hydrogen-bond donors (Lipinski definition) is 0. The van der Waals surface area contributed by atoms with E-state index in [0.717, 1.165) is 42.5 Å². The smallest absolute Gasteiger partial charge is 0.254 e. The first-order valence-corrected chi connectivity index (χ1v) is 8.07. The van der Waals surface area contributed by atoms with Crippen molar-refractivity contribution >= 4 is 5.91 Å². The molecule has 1 amide bonds. The summed E-state index contributed by atoms with van der Waals surface area (Å²) in [4.78, 5) is 19.2. The van der Waals surface area contributed by atoms with Crippen LogP contribution in [-0.2, 0) is 0 Å². The molecule has 1 aromatic carbocycles. The van der Waals surface area contributed by atoms with Gasteiger partial charge in [-0.3, -0.25) is 4.79 Å². The van der Waals surface area contributed by atoms with Gasteiger partial charge in [0.25, 0.3) is 5.91 Å². The molecule has 1 saturated heterocycles. The van der Waals surface area contributed by atoms with Crippen molar-refractivity contribution in [2.45, 2.75) is 32.2 Å². The molecule has 3 rings (SSSR count). The highest BCUT2D eigenvalue weighted by atomic mass is 16.5. The van der Waals surface area contributed by atoms with Crippen molar-refractivity contribution < 1.29 is 9.53 Å². The molecule has 4 heteroatoms. The van der Waals surface area contributed by atoms with Gasteiger partial charge in [-0.25, -0.2) is 4.98 Å². The molecule has 0 saturated carbocycles. The average Bonchev–Trinajstić information content (AvgIpc) is 2.62. The number of carbonyl (C=O) groups excluding carboxylic acids is 1. The molecule has 0 aliphatic carbocycles. The maximum atomic E-state index is 12.9. The Morgan fingerprint density at radius 1 is 1.26 bits per heavy atom. The number of rotatable bonds is 3. The lowest BCUT2D eigenvalue weighted by Gasteiger charge is -2.36. The molecule has 120 valence electrons. The van der Waals surface area contributed by atoms with E-state index in [-0.39, 0.29) is 11.9 Å². The van der Waals surface area contributed by atoms with Crippen LogP contribution in [0.5, 0.6) is 5.88 Å². The zero-order valence-electron chi connectivity index (χ0n) is 13.7. The van der Waals surface area contributed by atoms with Crippen LogP contribution in [0.2, 0.25) is 0 Å². The highest BCUT2D eigenvalue weighted by Gasteiger charge is 2.29. The van der Waals surface area contributed by atoms with Gasteiger partial charge in [-0.1, -0.05) is 18.2 Å². The third kappa shape index (κ3) is 3.21. The van der Waals surface area contributed by atoms with E-state index in [4.69, 9.17) is 4.74 Å². The Kier molecular flexibility index (Phi) is 4.60. The van der Waals surface area contributed by atoms with Crippen molar-refractivity contribution in [1.29, 1.82) is 0 Å². The second-order valence-corrected chi connectivity index (χ2v) is 5.97. The third-order valence-electron chi connectivity index (χ3n) is 4.41. The second-order valence-electron chi connectivity index (χ2n) is 5.97. The summed E-state index contributed by atoms with van der Waals surface area (Å²) in [5, 5.41) is 0. The molecular weight excluding hydrogens is 288 g/mol. The second kappa shape index (κ2) is 6.82. The van der Waals surface area contributed by atoms with Gasteiger partial charge in [0.2, 0.25) is 5.88 Å². The number of hydrogen-bond acceptors (Lipinski definition) is 3. The van der Waals surface area contributed by atoms with Crippen LogP contribution in [0, 0.1) is 6.92 Å². The third-order valence-corrected chi connectivity index (χ3v) is 4.41. The van der Waals surface area contributed by atoms with Gasteiger partial charge in [0.05, 0.1) is 13.2 Å². The number of nitrogens with zero attached hydrogens (tertiary/aromatic N) is 2. The van der Waals surface area contributed by atoms with E-state index in [1.165, 1.54) is 0 Å². The van der Waals surface area contributed by atoms with Crippen molar-refractivity contribution in [3.8, 4) is 5.88 Å². The molecule has 2 heterocycles. The van der Waals surface area contributed by atoms with Gasteiger partial charge >= 0.3 is 0 Å². The molecule has 23 heavy (non-hydrogen) atoms. The van der Waals surface area contributed by atoms with Crippen LogP contribution in [0.4, 0.5) is 0 Å². The monoisotopic (exact) mass is 310 g/mol. The first kappa shape index (κ1) is 15.5. The summed E-state index contributed by atoms with van der Waals surface area (Å²) >= 11 is 0. The van der Waals surface area contributed by atoms with Crippen LogP contribution in [0.15, 0.2) is 42.6 Å². The van der Waals surface area contributed by atoms with Gasteiger partial charge in [0.15, 0.2) is 0 Å². The van der Waals surface area contributed by atoms with Gasteiger partial charge in [0.1, 0.15) is 0 Å². The Morgan fingerprint density at radius 3 is 2.74 bits per heavy atom. The van der Waals surface area contributed by atoms with Crippen molar-refractivity contribution in [3.63, 3.8) is 0 Å². The van der Waals surface area contributed by atoms with E-state index in [1.54, 1.807) is 7.11 Å². The zero-order valence-corrected chi connectivity index (χ0v) is 13.7. The van der Waals surface area contributed by atoms with Crippen molar-refractivity contribution in [3.05, 3.63) is 59.3 Å². The summed E-state index contributed by atoms with van der Waals surface area (Å²) in [6, 6.07) is 11.7. The number of likely N-dealkylation sites (tertiary alicyclic amines) is 1. The Morgan fingerprint density at radius 2 is 2.04 bits per heavy atom. The fourth-order valence-electron chi connectivity index (χ4n) is 3.25. The van der Waals surface area contributed by atoms with E-state index in [1.807, 2.05) is 48.4 Å². The number of benzene rings is 1. The Hall–Kier alpha value is -2.36. The Labute approximate surface area is 137 Å². The molecule has 0 spiro atoms. The summed E-state index contributed by atoms with van der Waals surface area (Å²) < 4.78 is 5.24. The number of ether oxygens (including phenoxy) is 1. The minimum atomic E-state index is 0.0913. The van der Waals surface area contributed by atoms with Crippen molar-refractivity contribution in [2.75, 3.05) is 13.7 Å². The molecule has 2 aromatic rings. The topological polar surface area (TPSA) is 42.4 Å². The summed E-state index contributed by atoms with van der Waals surface area (Å²) in [7, 11) is 1.63. The summed E-state index contributed by atoms with van der Waals surface area (Å²) in [6.07, 6.45) is 5.01. The van der Waals surface area contributed by atoms with Gasteiger partial charge < -0.3 is 9.64 Å². The van der Waals surface area contributed by atoms with Gasteiger partial charge in [-0.15, -0.1) is 0 Å². The first-order chi connectivity index (χ1) is 11.2. The van der Waals surface area contributed by atoms with Gasteiger partial charge in [0, 0.05) is 23.9 Å². The Bertz CT molecular complexity index is 685. The molecule has 0 N–H and O–H groups in total. The number of piperidine rings is 1. The normalized spacial score (nSPS) is 17.8. The van der Waals surface area contributed by atoms with Crippen molar-refractivity contribution in [2.24, 2.45) is 0 Å². The minimum absolute atomic E-state index is 0.0913. The number of aromatic nitrogens is 1. The first-order valence-electron chi connectivity index (χ1n) is 8.07. The molecule has 0 bridgehead atoms. The molecular formula is C19H22N2O2. The molecule has 1 aliphatic heterocycles. The van der Waals surface area contributed by atoms with E-state index in [0.29, 0.717) is 5.88 Å². The molecule has 1 atom stereocenters. The average molecular weight is 310 g/mol. The van der Waals surface area contributed by atoms with E-state index in [2.05, 4.69) is 11.1 Å². The van der Waals surface area contributed by atoms with E-state index < -0.39 is 0 Å². The molecule has 0 radical (unpaired) electrons. The summed E-state index contributed by atoms with van der Waals surface area (Å²) in [6.45, 7) is 2.78. The molecule has 1 aliphatic rings. The lowest BCUT2D eigenvalue weighted by Crippen LogP contribution is -2.38. The maximum Gasteiger partial charge on any atom is 0.254 e. The number of aryl methyl sites for hydroxylation is 1. The highest BCUT2D eigenvalue weighted by molar-refractivity contribution is 5.94. The minimum Gasteiger partial charge on any atom is -0.481 e. The number of pyridine rings is 1. The quantitative estimate of drug-likeness (QED) is 0.866. The number of carbonyl (C=O) groups is 1. The lowest BCUT2D eigenvalue weighted by molar-refractivity contribution is 0.0611. The molecule has 0 unspecified atom stereocenters. The van der Waals surface area contributed by atoms with Crippen LogP contribution in [0.1, 0.15) is 46.8 Å². The predicted molar refractivity (Wildman–Crippen MR) is 89.6 cm³/mol. The number of methoxy groups -OCH3 is 1. The molecule has 1 aromatic heterocycles. The fraction of sp³-hybridized carbons (Fsp3) is 0.368. The van der Waals surface area contributed by atoms with Crippen LogP contribution in [0.25, 0.3) is 0 Å². The zero-order chi connectivity index (χ0) is 16.2. The standard InChI is InChI=1S/C19H22N2O2/c1-14-12-16(13-20-18(14)23-2)17-10-6-7-11-21(17)19(22)15-8-4-3-5-9-15/h3-5,8-9,12-13,17H,6-7,10-11H2,1-2H3/t17-/m0/s1. The lowest BCUT2D eigenvalue weighted by atomic mass is 9.94. The van der Waals surface area contributed by atoms with Crippen LogP contribution in [0.3, 0.4) is 0 Å². The highest BCUT2D eigenvalue weighted by Crippen LogP contribution is 2.33. The molecule has 4 nitrogen and oxygen atoms in total. The summed E-state index contributed by atoms with van der Waals surface area (Å²) in [5.41, 5.74) is 2.84. The van der Waals surface area contributed by atoms with Gasteiger partial charge in [-0.2, -0.15) is 0 Å². The predicted octanol–water partition coefficient (Wildman–Crippen LogP) is 3.77. The SMILES string of the molecule is COc1ncc([C@@H]2CCCCN2C(=O)c2ccccc2)cc1C. The Balaban J connectivity index is 1.90. The van der Waals surface area contributed by atoms with E-state index in [9.17, 15) is 4.79 Å². The van der Waals surface area contributed by atoms with E-state index >= 15 is 0 Å². The fourth-order valence-corrected chi connectivity index (χ4v) is 3.25. The molecule has 1 fully saturated rings. The summed E-state index contributed by atoms with van der Waals surface area (Å²) in [5.74, 6) is 0.745. The van der Waals surface area contributed by atoms with Crippen LogP contribution < -0.4 is 4.74 Å². The largest absolute Gasteiger partial charge is 0.481 e. The van der Waals surface area contributed by atoms with Crippen molar-refractivity contribution in [1.82, 2.24) is 9.88 Å². The van der Waals surface area contributed by atoms with Crippen LogP contribution in [-0.4, -0.2) is 29.4 Å². The van der Waals surface area contributed by atoms with Crippen LogP contribution >= 0.6 is 0 Å². The number of amides is 1. The maximum absolute atomic E-state index is 12.9. The van der Waals surface area contributed by atoms with Gasteiger partial charge in [-0.05, 0) is 49.9 Å².